The summed E-state index contributed by atoms with van der Waals surface area (Å²) in [5, 5.41) is 3.40. The molecule has 2 aliphatic heterocycles. The summed E-state index contributed by atoms with van der Waals surface area (Å²) in [4.78, 5) is 4.26. The fourth-order valence-electron chi connectivity index (χ4n) is 3.47. The third-order valence-corrected chi connectivity index (χ3v) is 4.84. The molecule has 1 aliphatic carbocycles. The summed E-state index contributed by atoms with van der Waals surface area (Å²) in [6, 6.07) is 0.673. The van der Waals surface area contributed by atoms with E-state index in [2.05, 4.69) is 14.9 Å². The van der Waals surface area contributed by atoms with Crippen molar-refractivity contribution in [1.29, 1.82) is 0 Å². The molecule has 0 bridgehead atoms. The number of nitrogens with one attached hydrogen (secondary N) is 1. The second kappa shape index (κ2) is 5.13. The Labute approximate surface area is 119 Å². The van der Waals surface area contributed by atoms with E-state index in [1.165, 1.54) is 18.5 Å². The van der Waals surface area contributed by atoms with Crippen molar-refractivity contribution < 1.29 is 9.47 Å². The first-order valence-corrected chi connectivity index (χ1v) is 7.82. The van der Waals surface area contributed by atoms with Gasteiger partial charge in [-0.2, -0.15) is 0 Å². The van der Waals surface area contributed by atoms with Crippen LogP contribution >= 0.6 is 0 Å². The number of piperidine rings is 1. The molecule has 1 spiro atoms. The first-order valence-electron chi connectivity index (χ1n) is 7.82. The highest BCUT2D eigenvalue weighted by Gasteiger charge is 2.41. The van der Waals surface area contributed by atoms with Crippen LogP contribution in [0, 0.1) is 0 Å². The fraction of sp³-hybridized carbons (Fsp3) is 0.800. The molecule has 3 fully saturated rings. The number of rotatable bonds is 4. The number of aromatic nitrogens is 2. The molecule has 0 aromatic carbocycles. The van der Waals surface area contributed by atoms with Crippen molar-refractivity contribution in [3.8, 4) is 0 Å². The van der Waals surface area contributed by atoms with Gasteiger partial charge in [-0.3, -0.25) is 0 Å². The summed E-state index contributed by atoms with van der Waals surface area (Å²) in [5.74, 6) is 0. The molecular formula is C15H23N3O2. The molecular weight excluding hydrogens is 254 g/mol. The van der Waals surface area contributed by atoms with Crippen molar-refractivity contribution in [2.24, 2.45) is 0 Å². The molecule has 3 aliphatic rings. The van der Waals surface area contributed by atoms with Crippen molar-refractivity contribution in [3.05, 3.63) is 18.2 Å². The van der Waals surface area contributed by atoms with Gasteiger partial charge in [0.25, 0.3) is 0 Å². The van der Waals surface area contributed by atoms with Gasteiger partial charge in [0.1, 0.15) is 0 Å². The molecule has 1 unspecified atom stereocenters. The van der Waals surface area contributed by atoms with E-state index in [1.54, 1.807) is 0 Å². The highest BCUT2D eigenvalue weighted by atomic mass is 16.6. The topological polar surface area (TPSA) is 48.3 Å². The summed E-state index contributed by atoms with van der Waals surface area (Å²) >= 11 is 0. The molecule has 2 saturated heterocycles. The van der Waals surface area contributed by atoms with Crippen molar-refractivity contribution in [2.75, 3.05) is 19.7 Å². The van der Waals surface area contributed by atoms with E-state index in [1.807, 2.05) is 12.5 Å². The average Bonchev–Trinajstić information content (AvgIpc) is 3.09. The number of imidazole rings is 1. The van der Waals surface area contributed by atoms with E-state index in [0.29, 0.717) is 12.6 Å². The van der Waals surface area contributed by atoms with Crippen LogP contribution in [0.15, 0.2) is 12.5 Å². The second-order valence-electron chi connectivity index (χ2n) is 6.40. The molecule has 1 N–H and O–H groups in total. The van der Waals surface area contributed by atoms with Crippen LogP contribution in [0.25, 0.3) is 0 Å². The van der Waals surface area contributed by atoms with Gasteiger partial charge in [0, 0.05) is 12.5 Å². The monoisotopic (exact) mass is 277 g/mol. The van der Waals surface area contributed by atoms with Crippen molar-refractivity contribution >= 4 is 0 Å². The zero-order valence-corrected chi connectivity index (χ0v) is 11.9. The molecule has 110 valence electrons. The molecule has 1 aromatic heterocycles. The SMILES string of the molecule is c1ncn(C2CC2)c1COC1COC2(CCNCC2)C1. The van der Waals surface area contributed by atoms with Crippen LogP contribution in [0.2, 0.25) is 0 Å². The first kappa shape index (κ1) is 12.8. The van der Waals surface area contributed by atoms with Gasteiger partial charge in [-0.05, 0) is 38.8 Å². The standard InChI is InChI=1S/C15H23N3O2/c1-2-12(1)18-11-17-8-13(18)9-19-14-7-15(20-10-14)3-5-16-6-4-15/h8,11-12,14,16H,1-7,9-10H2. The number of nitrogens with zero attached hydrogens (tertiary/aromatic N) is 2. The van der Waals surface area contributed by atoms with E-state index >= 15 is 0 Å². The van der Waals surface area contributed by atoms with Crippen molar-refractivity contribution in [3.63, 3.8) is 0 Å². The predicted molar refractivity (Wildman–Crippen MR) is 74.5 cm³/mol. The van der Waals surface area contributed by atoms with Gasteiger partial charge >= 0.3 is 0 Å². The minimum atomic E-state index is 0.0899. The van der Waals surface area contributed by atoms with E-state index in [-0.39, 0.29) is 11.7 Å². The largest absolute Gasteiger partial charge is 0.372 e. The van der Waals surface area contributed by atoms with Gasteiger partial charge in [0.2, 0.25) is 0 Å². The van der Waals surface area contributed by atoms with Crippen LogP contribution in [0.5, 0.6) is 0 Å². The van der Waals surface area contributed by atoms with Crippen LogP contribution in [-0.2, 0) is 16.1 Å². The molecule has 1 atom stereocenters. The predicted octanol–water partition coefficient (Wildman–Crippen LogP) is 1.65. The summed E-state index contributed by atoms with van der Waals surface area (Å²) in [6.07, 6.45) is 9.98. The summed E-state index contributed by atoms with van der Waals surface area (Å²) in [7, 11) is 0. The first-order chi connectivity index (χ1) is 9.85. The molecule has 0 radical (unpaired) electrons. The Morgan fingerprint density at radius 1 is 1.40 bits per heavy atom. The van der Waals surface area contributed by atoms with Gasteiger partial charge in [-0.15, -0.1) is 0 Å². The minimum absolute atomic E-state index is 0.0899. The number of ether oxygens (including phenoxy) is 2. The van der Waals surface area contributed by atoms with Gasteiger partial charge in [0.05, 0.1) is 43.1 Å². The van der Waals surface area contributed by atoms with Crippen LogP contribution in [0.3, 0.4) is 0 Å². The summed E-state index contributed by atoms with van der Waals surface area (Å²) in [6.45, 7) is 3.55. The Morgan fingerprint density at radius 2 is 2.25 bits per heavy atom. The fourth-order valence-corrected chi connectivity index (χ4v) is 3.47. The van der Waals surface area contributed by atoms with Gasteiger partial charge in [-0.25, -0.2) is 4.98 Å². The average molecular weight is 277 g/mol. The van der Waals surface area contributed by atoms with Crippen LogP contribution in [0.1, 0.15) is 43.8 Å². The highest BCUT2D eigenvalue weighted by molar-refractivity contribution is 5.02. The molecule has 0 amide bonds. The summed E-state index contributed by atoms with van der Waals surface area (Å²) < 4.78 is 14.4. The molecule has 3 heterocycles. The minimum Gasteiger partial charge on any atom is -0.372 e. The summed E-state index contributed by atoms with van der Waals surface area (Å²) in [5.41, 5.74) is 1.30. The van der Waals surface area contributed by atoms with Gasteiger partial charge in [-0.1, -0.05) is 0 Å². The van der Waals surface area contributed by atoms with Crippen molar-refractivity contribution in [2.45, 2.75) is 56.5 Å². The third-order valence-electron chi connectivity index (χ3n) is 4.84. The Kier molecular flexibility index (Phi) is 3.28. The Morgan fingerprint density at radius 3 is 3.05 bits per heavy atom. The lowest BCUT2D eigenvalue weighted by Crippen LogP contribution is -2.41. The molecule has 4 rings (SSSR count). The van der Waals surface area contributed by atoms with Crippen molar-refractivity contribution in [1.82, 2.24) is 14.9 Å². The van der Waals surface area contributed by atoms with E-state index in [0.717, 1.165) is 39.0 Å². The number of hydrogen-bond donors (Lipinski definition) is 1. The Bertz CT molecular complexity index is 463. The highest BCUT2D eigenvalue weighted by Crippen LogP contribution is 2.37. The normalized spacial score (nSPS) is 29.1. The quantitative estimate of drug-likeness (QED) is 0.909. The van der Waals surface area contributed by atoms with E-state index < -0.39 is 0 Å². The smallest absolute Gasteiger partial charge is 0.0951 e. The maximum atomic E-state index is 6.09. The van der Waals surface area contributed by atoms with Gasteiger partial charge in [0.15, 0.2) is 0 Å². The lowest BCUT2D eigenvalue weighted by atomic mass is 9.89. The van der Waals surface area contributed by atoms with E-state index in [9.17, 15) is 0 Å². The maximum absolute atomic E-state index is 6.09. The van der Waals surface area contributed by atoms with Crippen LogP contribution < -0.4 is 5.32 Å². The Hall–Kier alpha value is -0.910. The van der Waals surface area contributed by atoms with Crippen LogP contribution in [-0.4, -0.2) is 41.0 Å². The molecule has 20 heavy (non-hydrogen) atoms. The maximum Gasteiger partial charge on any atom is 0.0951 e. The van der Waals surface area contributed by atoms with Gasteiger partial charge < -0.3 is 19.4 Å². The molecule has 5 nitrogen and oxygen atoms in total. The van der Waals surface area contributed by atoms with E-state index in [4.69, 9.17) is 9.47 Å². The number of hydrogen-bond acceptors (Lipinski definition) is 4. The zero-order valence-electron chi connectivity index (χ0n) is 11.9. The van der Waals surface area contributed by atoms with Crippen LogP contribution in [0.4, 0.5) is 0 Å². The molecule has 5 heteroatoms. The molecule has 1 aromatic rings. The zero-order chi connectivity index (χ0) is 13.4. The second-order valence-corrected chi connectivity index (χ2v) is 6.40. The third kappa shape index (κ3) is 2.50. The lowest BCUT2D eigenvalue weighted by Gasteiger charge is -2.32. The Balaban J connectivity index is 1.33. The lowest BCUT2D eigenvalue weighted by molar-refractivity contribution is -0.0243. The molecule has 1 saturated carbocycles.